The minimum absolute atomic E-state index is 0.0490. The Morgan fingerprint density at radius 1 is 1.12 bits per heavy atom. The average Bonchev–Trinajstić information content (AvgIpc) is 3.43. The zero-order valence-corrected chi connectivity index (χ0v) is 13.7. The van der Waals surface area contributed by atoms with Crippen LogP contribution in [0.25, 0.3) is 0 Å². The summed E-state index contributed by atoms with van der Waals surface area (Å²) in [7, 11) is 3.09. The van der Waals surface area contributed by atoms with Crippen molar-refractivity contribution in [3.63, 3.8) is 0 Å². The molecule has 1 aliphatic carbocycles. The van der Waals surface area contributed by atoms with Gasteiger partial charge < -0.3 is 15.4 Å². The van der Waals surface area contributed by atoms with Crippen molar-refractivity contribution in [3.05, 3.63) is 59.7 Å². The van der Waals surface area contributed by atoms with Gasteiger partial charge in [0.1, 0.15) is 5.75 Å². The van der Waals surface area contributed by atoms with Gasteiger partial charge in [-0.1, -0.05) is 30.3 Å². The van der Waals surface area contributed by atoms with Gasteiger partial charge in [-0.05, 0) is 36.1 Å². The lowest BCUT2D eigenvalue weighted by Gasteiger charge is -2.12. The van der Waals surface area contributed by atoms with Crippen LogP contribution in [0, 0.1) is 5.92 Å². The maximum Gasteiger partial charge on any atom is 0.253 e. The van der Waals surface area contributed by atoms with E-state index in [9.17, 15) is 9.59 Å². The maximum atomic E-state index is 12.5. The molecule has 24 heavy (non-hydrogen) atoms. The number of carbonyl (C=O) groups excluding carboxylic acids is 2. The van der Waals surface area contributed by atoms with Crippen molar-refractivity contribution in [2.24, 2.45) is 5.92 Å². The molecule has 0 aromatic heterocycles. The van der Waals surface area contributed by atoms with Crippen molar-refractivity contribution in [1.82, 2.24) is 5.32 Å². The highest BCUT2D eigenvalue weighted by molar-refractivity contribution is 6.05. The van der Waals surface area contributed by atoms with Gasteiger partial charge in [-0.2, -0.15) is 0 Å². The molecule has 2 N–H and O–H groups in total. The van der Waals surface area contributed by atoms with Crippen LogP contribution in [0.1, 0.15) is 28.3 Å². The molecule has 2 aromatic rings. The van der Waals surface area contributed by atoms with Crippen LogP contribution in [0.5, 0.6) is 5.75 Å². The number of rotatable bonds is 5. The van der Waals surface area contributed by atoms with Crippen molar-refractivity contribution in [2.45, 2.75) is 12.3 Å². The van der Waals surface area contributed by atoms with Crippen LogP contribution in [0.2, 0.25) is 0 Å². The zero-order chi connectivity index (χ0) is 17.1. The molecule has 2 amide bonds. The number of amides is 2. The molecule has 0 bridgehead atoms. The van der Waals surface area contributed by atoms with E-state index in [2.05, 4.69) is 10.6 Å². The lowest BCUT2D eigenvalue weighted by atomic mass is 10.1. The van der Waals surface area contributed by atoms with Crippen LogP contribution >= 0.6 is 0 Å². The first-order chi connectivity index (χ1) is 11.6. The van der Waals surface area contributed by atoms with Gasteiger partial charge in [-0.25, -0.2) is 0 Å². The van der Waals surface area contributed by atoms with Crippen LogP contribution in [0.15, 0.2) is 48.5 Å². The Kier molecular flexibility index (Phi) is 4.51. The SMILES string of the molecule is CNC(=O)c1cc(OC)ccc1NC(=O)C1CC1c1ccccc1. The van der Waals surface area contributed by atoms with Crippen molar-refractivity contribution < 1.29 is 14.3 Å². The van der Waals surface area contributed by atoms with Gasteiger partial charge in [0.15, 0.2) is 0 Å². The van der Waals surface area contributed by atoms with Gasteiger partial charge in [0.05, 0.1) is 18.4 Å². The summed E-state index contributed by atoms with van der Waals surface area (Å²) in [6.45, 7) is 0. The molecule has 5 nitrogen and oxygen atoms in total. The minimum atomic E-state index is -0.264. The minimum Gasteiger partial charge on any atom is -0.497 e. The second-order valence-electron chi connectivity index (χ2n) is 5.84. The van der Waals surface area contributed by atoms with Crippen molar-refractivity contribution in [2.75, 3.05) is 19.5 Å². The molecular formula is C19H20N2O3. The van der Waals surface area contributed by atoms with E-state index >= 15 is 0 Å². The van der Waals surface area contributed by atoms with E-state index in [-0.39, 0.29) is 23.7 Å². The zero-order valence-electron chi connectivity index (χ0n) is 13.7. The van der Waals surface area contributed by atoms with Crippen LogP contribution in [0.4, 0.5) is 5.69 Å². The highest BCUT2D eigenvalue weighted by Crippen LogP contribution is 2.48. The Bertz CT molecular complexity index is 758. The molecule has 1 aliphatic rings. The standard InChI is InChI=1S/C19H20N2O3/c1-20-18(22)16-10-13(24-2)8-9-17(16)21-19(23)15-11-14(15)12-6-4-3-5-7-12/h3-10,14-15H,11H2,1-2H3,(H,20,22)(H,21,23). The van der Waals surface area contributed by atoms with Gasteiger partial charge in [0.25, 0.3) is 5.91 Å². The number of anilines is 1. The summed E-state index contributed by atoms with van der Waals surface area (Å²) in [5, 5.41) is 5.46. The Hall–Kier alpha value is -2.82. The molecular weight excluding hydrogens is 304 g/mol. The summed E-state index contributed by atoms with van der Waals surface area (Å²) in [4.78, 5) is 24.5. The topological polar surface area (TPSA) is 67.4 Å². The highest BCUT2D eigenvalue weighted by Gasteiger charge is 2.44. The number of hydrogen-bond acceptors (Lipinski definition) is 3. The first-order valence-electron chi connectivity index (χ1n) is 7.90. The summed E-state index contributed by atoms with van der Waals surface area (Å²) in [5.74, 6) is 0.457. The molecule has 3 rings (SSSR count). The fraction of sp³-hybridized carbons (Fsp3) is 0.263. The largest absolute Gasteiger partial charge is 0.497 e. The van der Waals surface area contributed by atoms with Gasteiger partial charge in [-0.15, -0.1) is 0 Å². The molecule has 2 atom stereocenters. The van der Waals surface area contributed by atoms with Gasteiger partial charge in [0, 0.05) is 13.0 Å². The fourth-order valence-electron chi connectivity index (χ4n) is 2.86. The van der Waals surface area contributed by atoms with Crippen LogP contribution < -0.4 is 15.4 Å². The molecule has 2 unspecified atom stereocenters. The van der Waals surface area contributed by atoms with E-state index in [1.807, 2.05) is 30.3 Å². The molecule has 0 heterocycles. The van der Waals surface area contributed by atoms with Crippen LogP contribution in [0.3, 0.4) is 0 Å². The highest BCUT2D eigenvalue weighted by atomic mass is 16.5. The van der Waals surface area contributed by atoms with Gasteiger partial charge in [0.2, 0.25) is 5.91 Å². The van der Waals surface area contributed by atoms with Gasteiger partial charge in [-0.3, -0.25) is 9.59 Å². The Balaban J connectivity index is 1.74. The molecule has 2 aromatic carbocycles. The smallest absolute Gasteiger partial charge is 0.253 e. The molecule has 5 heteroatoms. The second kappa shape index (κ2) is 6.74. The second-order valence-corrected chi connectivity index (χ2v) is 5.84. The summed E-state index contributed by atoms with van der Waals surface area (Å²) < 4.78 is 5.15. The molecule has 1 saturated carbocycles. The van der Waals surface area contributed by atoms with E-state index in [0.717, 1.165) is 6.42 Å². The van der Waals surface area contributed by atoms with E-state index < -0.39 is 0 Å². The molecule has 0 saturated heterocycles. The van der Waals surface area contributed by atoms with Crippen LogP contribution in [-0.4, -0.2) is 26.0 Å². The number of nitrogens with one attached hydrogen (secondary N) is 2. The van der Waals surface area contributed by atoms with Gasteiger partial charge >= 0.3 is 0 Å². The third kappa shape index (κ3) is 3.25. The lowest BCUT2D eigenvalue weighted by molar-refractivity contribution is -0.117. The molecule has 1 fully saturated rings. The first kappa shape index (κ1) is 16.1. The van der Waals surface area contributed by atoms with E-state index in [1.54, 1.807) is 25.2 Å². The summed E-state index contributed by atoms with van der Waals surface area (Å²) >= 11 is 0. The first-order valence-corrected chi connectivity index (χ1v) is 7.90. The monoisotopic (exact) mass is 324 g/mol. The molecule has 0 radical (unpaired) electrons. The number of methoxy groups -OCH3 is 1. The summed E-state index contributed by atoms with van der Waals surface area (Å²) in [6.07, 6.45) is 0.835. The van der Waals surface area contributed by atoms with Crippen molar-refractivity contribution in [1.29, 1.82) is 0 Å². The average molecular weight is 324 g/mol. The van der Waals surface area contributed by atoms with Crippen molar-refractivity contribution in [3.8, 4) is 5.75 Å². The summed E-state index contributed by atoms with van der Waals surface area (Å²) in [5.41, 5.74) is 2.07. The Morgan fingerprint density at radius 3 is 2.54 bits per heavy atom. The van der Waals surface area contributed by atoms with E-state index in [1.165, 1.54) is 12.7 Å². The number of ether oxygens (including phenoxy) is 1. The summed E-state index contributed by atoms with van der Waals surface area (Å²) in [6, 6.07) is 15.1. The molecule has 0 aliphatic heterocycles. The van der Waals surface area contributed by atoms with E-state index in [4.69, 9.17) is 4.74 Å². The van der Waals surface area contributed by atoms with Crippen LogP contribution in [-0.2, 0) is 4.79 Å². The fourth-order valence-corrected chi connectivity index (χ4v) is 2.86. The van der Waals surface area contributed by atoms with Crippen molar-refractivity contribution >= 4 is 17.5 Å². The third-order valence-corrected chi connectivity index (χ3v) is 4.31. The predicted octanol–water partition coefficient (Wildman–Crippen LogP) is 2.80. The molecule has 0 spiro atoms. The lowest BCUT2D eigenvalue weighted by Crippen LogP contribution is -2.22. The predicted molar refractivity (Wildman–Crippen MR) is 92.3 cm³/mol. The quantitative estimate of drug-likeness (QED) is 0.889. The number of carbonyl (C=O) groups is 2. The maximum absolute atomic E-state index is 12.5. The number of benzene rings is 2. The Morgan fingerprint density at radius 2 is 1.88 bits per heavy atom. The Labute approximate surface area is 141 Å². The molecule has 124 valence electrons. The van der Waals surface area contributed by atoms with E-state index in [0.29, 0.717) is 17.0 Å². The third-order valence-electron chi connectivity index (χ3n) is 4.31. The normalized spacial score (nSPS) is 18.6. The number of hydrogen-bond donors (Lipinski definition) is 2.